The van der Waals surface area contributed by atoms with E-state index in [0.29, 0.717) is 10.7 Å². The van der Waals surface area contributed by atoms with E-state index in [1.165, 1.54) is 35.7 Å². The Morgan fingerprint density at radius 2 is 2.15 bits per heavy atom. The van der Waals surface area contributed by atoms with Gasteiger partial charge in [-0.25, -0.2) is 4.98 Å². The van der Waals surface area contributed by atoms with E-state index in [0.717, 1.165) is 18.2 Å². The molecule has 1 N–H and O–H groups in total. The molecule has 0 unspecified atom stereocenters. The molecule has 0 radical (unpaired) electrons. The number of halogens is 3. The van der Waals surface area contributed by atoms with Crippen molar-refractivity contribution in [1.29, 1.82) is 0 Å². The fourth-order valence-corrected chi connectivity index (χ4v) is 1.95. The third kappa shape index (κ3) is 3.92. The third-order valence-electron chi connectivity index (χ3n) is 2.30. The zero-order chi connectivity index (χ0) is 14.6. The molecule has 0 saturated carbocycles. The molecule has 0 saturated heterocycles. The van der Waals surface area contributed by atoms with Crippen LogP contribution in [-0.4, -0.2) is 10.9 Å². The minimum atomic E-state index is -4.40. The monoisotopic (exact) mass is 298 g/mol. The zero-order valence-electron chi connectivity index (χ0n) is 10.0. The quantitative estimate of drug-likeness (QED) is 0.875. The summed E-state index contributed by atoms with van der Waals surface area (Å²) in [5.74, 6) is -0.447. The highest BCUT2D eigenvalue weighted by molar-refractivity contribution is 7.13. The molecular weight excluding hydrogens is 289 g/mol. The van der Waals surface area contributed by atoms with Crippen molar-refractivity contribution >= 4 is 28.5 Å². The van der Waals surface area contributed by atoms with Crippen molar-refractivity contribution in [2.45, 2.75) is 6.18 Å². The van der Waals surface area contributed by atoms with Crippen molar-refractivity contribution in [1.82, 2.24) is 4.98 Å². The first-order valence-electron chi connectivity index (χ1n) is 5.51. The lowest BCUT2D eigenvalue weighted by Crippen LogP contribution is -2.07. The molecule has 0 fully saturated rings. The first kappa shape index (κ1) is 14.3. The van der Waals surface area contributed by atoms with Crippen LogP contribution in [0.5, 0.6) is 0 Å². The summed E-state index contributed by atoms with van der Waals surface area (Å²) in [5.41, 5.74) is -0.450. The second kappa shape index (κ2) is 5.87. The minimum Gasteiger partial charge on any atom is -0.298 e. The van der Waals surface area contributed by atoms with Crippen LogP contribution in [0.2, 0.25) is 0 Å². The van der Waals surface area contributed by atoms with E-state index in [2.05, 4.69) is 10.3 Å². The van der Waals surface area contributed by atoms with Gasteiger partial charge in [0.05, 0.1) is 5.56 Å². The Balaban J connectivity index is 2.06. The summed E-state index contributed by atoms with van der Waals surface area (Å²) < 4.78 is 37.5. The Labute approximate surface area is 116 Å². The predicted molar refractivity (Wildman–Crippen MR) is 71.2 cm³/mol. The van der Waals surface area contributed by atoms with Gasteiger partial charge < -0.3 is 0 Å². The summed E-state index contributed by atoms with van der Waals surface area (Å²) in [4.78, 5) is 15.4. The number of hydrogen-bond donors (Lipinski definition) is 1. The molecule has 2 aromatic rings. The fourth-order valence-electron chi connectivity index (χ4n) is 1.42. The number of carbonyl (C=O) groups excluding carboxylic acids is 1. The molecule has 1 aromatic heterocycles. The van der Waals surface area contributed by atoms with E-state index in [9.17, 15) is 18.0 Å². The number of thiazole rings is 1. The van der Waals surface area contributed by atoms with E-state index in [-0.39, 0.29) is 0 Å². The number of rotatable bonds is 3. The maximum atomic E-state index is 12.5. The lowest BCUT2D eigenvalue weighted by atomic mass is 10.1. The van der Waals surface area contributed by atoms with Gasteiger partial charge in [0.25, 0.3) is 0 Å². The molecule has 0 aliphatic carbocycles. The van der Waals surface area contributed by atoms with E-state index in [4.69, 9.17) is 0 Å². The van der Waals surface area contributed by atoms with Gasteiger partial charge in [0.1, 0.15) is 0 Å². The average molecular weight is 298 g/mol. The lowest BCUT2D eigenvalue weighted by molar-refractivity contribution is -0.137. The standard InChI is InChI=1S/C13H9F3N2OS/c14-13(15,16)10-3-1-2-9(8-10)4-5-11(19)18-12-17-6-7-20-12/h1-8H,(H,17,18,19)/b5-4+. The molecule has 1 aromatic carbocycles. The summed E-state index contributed by atoms with van der Waals surface area (Å²) in [5, 5.41) is 4.63. The SMILES string of the molecule is O=C(/C=C/c1cccc(C(F)(F)F)c1)Nc1nccs1. The highest BCUT2D eigenvalue weighted by atomic mass is 32.1. The first-order chi connectivity index (χ1) is 9.45. The summed E-state index contributed by atoms with van der Waals surface area (Å²) in [7, 11) is 0. The van der Waals surface area contributed by atoms with Crippen LogP contribution < -0.4 is 5.32 Å². The van der Waals surface area contributed by atoms with Gasteiger partial charge in [-0.15, -0.1) is 11.3 Å². The Kier molecular flexibility index (Phi) is 4.19. The Morgan fingerprint density at radius 3 is 2.80 bits per heavy atom. The van der Waals surface area contributed by atoms with Crippen LogP contribution in [-0.2, 0) is 11.0 Å². The van der Waals surface area contributed by atoms with Crippen LogP contribution in [0.4, 0.5) is 18.3 Å². The van der Waals surface area contributed by atoms with E-state index in [1.54, 1.807) is 5.38 Å². The summed E-state index contributed by atoms with van der Waals surface area (Å²) >= 11 is 1.25. The smallest absolute Gasteiger partial charge is 0.298 e. The highest BCUT2D eigenvalue weighted by Gasteiger charge is 2.30. The van der Waals surface area contributed by atoms with Crippen molar-refractivity contribution in [2.24, 2.45) is 0 Å². The number of nitrogens with zero attached hydrogens (tertiary/aromatic N) is 1. The average Bonchev–Trinajstić information content (AvgIpc) is 2.88. The summed E-state index contributed by atoms with van der Waals surface area (Å²) in [6.45, 7) is 0. The van der Waals surface area contributed by atoms with Crippen molar-refractivity contribution in [3.8, 4) is 0 Å². The number of alkyl halides is 3. The van der Waals surface area contributed by atoms with Gasteiger partial charge in [-0.3, -0.25) is 10.1 Å². The molecule has 0 spiro atoms. The number of hydrogen-bond acceptors (Lipinski definition) is 3. The number of carbonyl (C=O) groups is 1. The van der Waals surface area contributed by atoms with Gasteiger partial charge in [0.15, 0.2) is 5.13 Å². The van der Waals surface area contributed by atoms with E-state index >= 15 is 0 Å². The molecule has 2 rings (SSSR count). The second-order valence-corrected chi connectivity index (χ2v) is 4.68. The Morgan fingerprint density at radius 1 is 1.35 bits per heavy atom. The van der Waals surface area contributed by atoms with Gasteiger partial charge in [0, 0.05) is 17.7 Å². The molecule has 0 atom stereocenters. The third-order valence-corrected chi connectivity index (χ3v) is 2.99. The fraction of sp³-hybridized carbons (Fsp3) is 0.0769. The molecule has 3 nitrogen and oxygen atoms in total. The second-order valence-electron chi connectivity index (χ2n) is 3.78. The molecule has 1 amide bonds. The van der Waals surface area contributed by atoms with E-state index in [1.807, 2.05) is 0 Å². The zero-order valence-corrected chi connectivity index (χ0v) is 10.8. The summed E-state index contributed by atoms with van der Waals surface area (Å²) in [6.07, 6.45) is -0.376. The number of nitrogens with one attached hydrogen (secondary N) is 1. The number of amides is 1. The van der Waals surface area contributed by atoms with Crippen molar-refractivity contribution in [3.05, 3.63) is 53.0 Å². The molecular formula is C13H9F3N2OS. The van der Waals surface area contributed by atoms with Gasteiger partial charge in [0.2, 0.25) is 5.91 Å². The van der Waals surface area contributed by atoms with Crippen LogP contribution in [0.15, 0.2) is 41.9 Å². The van der Waals surface area contributed by atoms with E-state index < -0.39 is 17.6 Å². The van der Waals surface area contributed by atoms with Crippen LogP contribution in [0.1, 0.15) is 11.1 Å². The lowest BCUT2D eigenvalue weighted by Gasteiger charge is -2.06. The van der Waals surface area contributed by atoms with Crippen LogP contribution in [0, 0.1) is 0 Å². The molecule has 0 bridgehead atoms. The van der Waals surface area contributed by atoms with Gasteiger partial charge in [-0.2, -0.15) is 13.2 Å². The molecule has 20 heavy (non-hydrogen) atoms. The predicted octanol–water partition coefficient (Wildman–Crippen LogP) is 3.81. The first-order valence-corrected chi connectivity index (χ1v) is 6.39. The van der Waals surface area contributed by atoms with Crippen molar-refractivity contribution < 1.29 is 18.0 Å². The molecule has 1 heterocycles. The van der Waals surface area contributed by atoms with Crippen LogP contribution in [0.25, 0.3) is 6.08 Å². The number of anilines is 1. The van der Waals surface area contributed by atoms with Crippen LogP contribution in [0.3, 0.4) is 0 Å². The Bertz CT molecular complexity index is 621. The normalized spacial score (nSPS) is 11.8. The Hall–Kier alpha value is -2.15. The van der Waals surface area contributed by atoms with Crippen molar-refractivity contribution in [3.63, 3.8) is 0 Å². The van der Waals surface area contributed by atoms with Gasteiger partial charge in [-0.05, 0) is 23.8 Å². The molecule has 7 heteroatoms. The largest absolute Gasteiger partial charge is 0.416 e. The van der Waals surface area contributed by atoms with Gasteiger partial charge >= 0.3 is 6.18 Å². The van der Waals surface area contributed by atoms with Gasteiger partial charge in [-0.1, -0.05) is 12.1 Å². The molecule has 104 valence electrons. The number of benzene rings is 1. The maximum Gasteiger partial charge on any atom is 0.416 e. The maximum absolute atomic E-state index is 12.5. The summed E-state index contributed by atoms with van der Waals surface area (Å²) in [6, 6.07) is 4.74. The minimum absolute atomic E-state index is 0.300. The highest BCUT2D eigenvalue weighted by Crippen LogP contribution is 2.29. The van der Waals surface area contributed by atoms with Crippen molar-refractivity contribution in [2.75, 3.05) is 5.32 Å². The number of aromatic nitrogens is 1. The van der Waals surface area contributed by atoms with Crippen LogP contribution >= 0.6 is 11.3 Å². The molecule has 0 aliphatic rings. The molecule has 0 aliphatic heterocycles. The topological polar surface area (TPSA) is 42.0 Å².